The third-order valence-electron chi connectivity index (χ3n) is 4.34. The van der Waals surface area contributed by atoms with Crippen molar-refractivity contribution in [1.82, 2.24) is 4.98 Å². The topological polar surface area (TPSA) is 96.7 Å². The van der Waals surface area contributed by atoms with Crippen LogP contribution in [-0.4, -0.2) is 33.7 Å². The molecule has 0 atom stereocenters. The number of carboxylic acid groups (broad SMARTS) is 2. The standard InChI is InChI=1S/C22H21NO5S/c1-22(2,3)15-6-4-13(5-7-15)14-10-16(28-12-19(24)25)20(23-11-14)17-8-9-18(29-17)21(26)27/h4-11H,12H2,1-3H3,(H,24,25)(H,26,27). The number of carbonyl (C=O) groups is 2. The molecule has 0 aliphatic rings. The molecule has 29 heavy (non-hydrogen) atoms. The van der Waals surface area contributed by atoms with Crippen molar-refractivity contribution < 1.29 is 24.5 Å². The molecule has 0 aliphatic heterocycles. The number of nitrogens with zero attached hydrogens (tertiary/aromatic N) is 1. The van der Waals surface area contributed by atoms with E-state index in [2.05, 4.69) is 37.9 Å². The second-order valence-corrected chi connectivity index (χ2v) is 8.63. The van der Waals surface area contributed by atoms with Crippen molar-refractivity contribution in [1.29, 1.82) is 0 Å². The van der Waals surface area contributed by atoms with Gasteiger partial charge in [0.2, 0.25) is 0 Å². The van der Waals surface area contributed by atoms with Gasteiger partial charge in [0.1, 0.15) is 16.3 Å². The number of ether oxygens (including phenoxy) is 1. The number of carboxylic acids is 2. The normalized spacial score (nSPS) is 11.3. The molecule has 6 nitrogen and oxygen atoms in total. The second kappa shape index (κ2) is 8.05. The highest BCUT2D eigenvalue weighted by molar-refractivity contribution is 7.17. The first-order valence-corrected chi connectivity index (χ1v) is 9.76. The Hall–Kier alpha value is -3.19. The Morgan fingerprint density at radius 2 is 1.72 bits per heavy atom. The van der Waals surface area contributed by atoms with Crippen LogP contribution < -0.4 is 4.74 Å². The number of aromatic nitrogens is 1. The van der Waals surface area contributed by atoms with E-state index in [-0.39, 0.29) is 10.3 Å². The largest absolute Gasteiger partial charge is 0.480 e. The number of hydrogen-bond donors (Lipinski definition) is 2. The lowest BCUT2D eigenvalue weighted by molar-refractivity contribution is -0.139. The van der Waals surface area contributed by atoms with Gasteiger partial charge in [-0.2, -0.15) is 0 Å². The van der Waals surface area contributed by atoms with Crippen LogP contribution in [-0.2, 0) is 10.2 Å². The highest BCUT2D eigenvalue weighted by Gasteiger charge is 2.17. The predicted octanol–water partition coefficient (Wildman–Crippen LogP) is 4.94. The molecule has 0 saturated carbocycles. The summed E-state index contributed by atoms with van der Waals surface area (Å²) in [6.07, 6.45) is 1.68. The summed E-state index contributed by atoms with van der Waals surface area (Å²) in [6.45, 7) is 5.91. The van der Waals surface area contributed by atoms with Gasteiger partial charge in [0, 0.05) is 11.8 Å². The maximum atomic E-state index is 11.2. The van der Waals surface area contributed by atoms with E-state index >= 15 is 0 Å². The Bertz CT molecular complexity index is 1050. The Balaban J connectivity index is 2.00. The van der Waals surface area contributed by atoms with Gasteiger partial charge in [0.05, 0.1) is 4.88 Å². The zero-order valence-corrected chi connectivity index (χ0v) is 17.1. The number of pyridine rings is 1. The summed E-state index contributed by atoms with van der Waals surface area (Å²) in [7, 11) is 0. The van der Waals surface area contributed by atoms with E-state index < -0.39 is 18.5 Å². The number of aromatic carboxylic acids is 1. The lowest BCUT2D eigenvalue weighted by Crippen LogP contribution is -2.10. The van der Waals surface area contributed by atoms with Crippen LogP contribution in [0.3, 0.4) is 0 Å². The highest BCUT2D eigenvalue weighted by atomic mass is 32.1. The maximum absolute atomic E-state index is 11.2. The molecule has 2 aromatic heterocycles. The van der Waals surface area contributed by atoms with Gasteiger partial charge < -0.3 is 14.9 Å². The van der Waals surface area contributed by atoms with Gasteiger partial charge >= 0.3 is 11.9 Å². The molecule has 2 heterocycles. The van der Waals surface area contributed by atoms with Gasteiger partial charge in [-0.05, 0) is 34.7 Å². The van der Waals surface area contributed by atoms with Crippen LogP contribution in [0.5, 0.6) is 5.75 Å². The van der Waals surface area contributed by atoms with E-state index in [0.717, 1.165) is 22.5 Å². The minimum Gasteiger partial charge on any atom is -0.480 e. The Morgan fingerprint density at radius 1 is 1.03 bits per heavy atom. The fraction of sp³-hybridized carbons (Fsp3) is 0.227. The van der Waals surface area contributed by atoms with Crippen molar-refractivity contribution in [3.05, 3.63) is 59.1 Å². The smallest absolute Gasteiger partial charge is 0.345 e. The SMILES string of the molecule is CC(C)(C)c1ccc(-c2cnc(-c3ccc(C(=O)O)s3)c(OCC(=O)O)c2)cc1. The third-order valence-corrected chi connectivity index (χ3v) is 5.42. The van der Waals surface area contributed by atoms with Crippen LogP contribution in [0.15, 0.2) is 48.7 Å². The van der Waals surface area contributed by atoms with Crippen LogP contribution in [0, 0.1) is 0 Å². The molecule has 0 bridgehead atoms. The molecular formula is C22H21NO5S. The molecule has 0 fully saturated rings. The number of aliphatic carboxylic acids is 1. The molecule has 1 aromatic carbocycles. The van der Waals surface area contributed by atoms with Crippen molar-refractivity contribution in [3.63, 3.8) is 0 Å². The summed E-state index contributed by atoms with van der Waals surface area (Å²) < 4.78 is 5.46. The zero-order chi connectivity index (χ0) is 21.2. The van der Waals surface area contributed by atoms with Gasteiger partial charge in [-0.15, -0.1) is 11.3 Å². The summed E-state index contributed by atoms with van der Waals surface area (Å²) in [4.78, 5) is 27.4. The average Bonchev–Trinajstić information content (AvgIpc) is 3.16. The number of benzene rings is 1. The van der Waals surface area contributed by atoms with Gasteiger partial charge in [-0.3, -0.25) is 4.98 Å². The average molecular weight is 411 g/mol. The van der Waals surface area contributed by atoms with E-state index in [1.54, 1.807) is 18.3 Å². The summed E-state index contributed by atoms with van der Waals surface area (Å²) in [5.74, 6) is -1.83. The van der Waals surface area contributed by atoms with Crippen molar-refractivity contribution >= 4 is 23.3 Å². The summed E-state index contributed by atoms with van der Waals surface area (Å²) in [5, 5.41) is 18.1. The van der Waals surface area contributed by atoms with Crippen molar-refractivity contribution in [2.45, 2.75) is 26.2 Å². The molecule has 7 heteroatoms. The van der Waals surface area contributed by atoms with Crippen LogP contribution in [0.2, 0.25) is 0 Å². The highest BCUT2D eigenvalue weighted by Crippen LogP contribution is 2.36. The first-order valence-electron chi connectivity index (χ1n) is 8.94. The van der Waals surface area contributed by atoms with Crippen molar-refractivity contribution in [3.8, 4) is 27.4 Å². The summed E-state index contributed by atoms with van der Waals surface area (Å²) in [6, 6.07) is 13.0. The molecule has 2 N–H and O–H groups in total. The lowest BCUT2D eigenvalue weighted by atomic mass is 9.86. The third kappa shape index (κ3) is 4.81. The molecule has 3 rings (SSSR count). The fourth-order valence-electron chi connectivity index (χ4n) is 2.78. The number of rotatable bonds is 6. The van der Waals surface area contributed by atoms with Gasteiger partial charge in [-0.1, -0.05) is 45.0 Å². The van der Waals surface area contributed by atoms with E-state index in [1.165, 1.54) is 11.6 Å². The molecule has 0 aliphatic carbocycles. The molecule has 0 saturated heterocycles. The van der Waals surface area contributed by atoms with Crippen molar-refractivity contribution in [2.75, 3.05) is 6.61 Å². The molecule has 3 aromatic rings. The van der Waals surface area contributed by atoms with Crippen LogP contribution >= 0.6 is 11.3 Å². The summed E-state index contributed by atoms with van der Waals surface area (Å²) >= 11 is 1.06. The zero-order valence-electron chi connectivity index (χ0n) is 16.3. The number of hydrogen-bond acceptors (Lipinski definition) is 5. The molecule has 0 radical (unpaired) electrons. The van der Waals surface area contributed by atoms with Gasteiger partial charge in [0.15, 0.2) is 6.61 Å². The fourth-order valence-corrected chi connectivity index (χ4v) is 3.63. The molecule has 0 spiro atoms. The van der Waals surface area contributed by atoms with E-state index in [9.17, 15) is 9.59 Å². The first kappa shape index (κ1) is 20.5. The number of thiophene rings is 1. The quantitative estimate of drug-likeness (QED) is 0.597. The minimum absolute atomic E-state index is 0.0391. The second-order valence-electron chi connectivity index (χ2n) is 7.55. The molecule has 150 valence electrons. The van der Waals surface area contributed by atoms with Gasteiger partial charge in [-0.25, -0.2) is 9.59 Å². The van der Waals surface area contributed by atoms with Gasteiger partial charge in [0.25, 0.3) is 0 Å². The van der Waals surface area contributed by atoms with Crippen LogP contribution in [0.4, 0.5) is 0 Å². The Labute approximate surface area is 172 Å². The van der Waals surface area contributed by atoms with E-state index in [0.29, 0.717) is 16.3 Å². The predicted molar refractivity (Wildman–Crippen MR) is 112 cm³/mol. The van der Waals surface area contributed by atoms with E-state index in [4.69, 9.17) is 14.9 Å². The first-order chi connectivity index (χ1) is 13.6. The summed E-state index contributed by atoms with van der Waals surface area (Å²) in [5.41, 5.74) is 3.36. The lowest BCUT2D eigenvalue weighted by Gasteiger charge is -2.19. The monoisotopic (exact) mass is 411 g/mol. The maximum Gasteiger partial charge on any atom is 0.345 e. The Morgan fingerprint density at radius 3 is 2.28 bits per heavy atom. The minimum atomic E-state index is -1.10. The van der Waals surface area contributed by atoms with Crippen molar-refractivity contribution in [2.24, 2.45) is 0 Å². The van der Waals surface area contributed by atoms with Crippen LogP contribution in [0.1, 0.15) is 36.0 Å². The Kier molecular flexibility index (Phi) is 5.70. The van der Waals surface area contributed by atoms with Crippen LogP contribution in [0.25, 0.3) is 21.7 Å². The molecular weight excluding hydrogens is 390 g/mol. The van der Waals surface area contributed by atoms with E-state index in [1.807, 2.05) is 12.1 Å². The molecule has 0 unspecified atom stereocenters. The molecule has 0 amide bonds.